The third-order valence-electron chi connectivity index (χ3n) is 5.16. The van der Waals surface area contributed by atoms with Gasteiger partial charge in [0.05, 0.1) is 12.2 Å². The summed E-state index contributed by atoms with van der Waals surface area (Å²) < 4.78 is 8.91. The second-order valence-electron chi connectivity index (χ2n) is 8.13. The van der Waals surface area contributed by atoms with Gasteiger partial charge >= 0.3 is 5.69 Å². The van der Waals surface area contributed by atoms with Gasteiger partial charge in [-0.05, 0) is 63.1 Å². The van der Waals surface area contributed by atoms with E-state index in [4.69, 9.17) is 16.3 Å². The molecule has 1 amide bonds. The molecule has 7 nitrogen and oxygen atoms in total. The second kappa shape index (κ2) is 8.59. The molecule has 0 aliphatic heterocycles. The van der Waals surface area contributed by atoms with Crippen molar-refractivity contribution in [1.82, 2.24) is 19.7 Å². The Labute approximate surface area is 185 Å². The minimum Gasteiger partial charge on any atom is -0.478 e. The highest BCUT2D eigenvalue weighted by atomic mass is 35.5. The number of nitrogens with zero attached hydrogens (tertiary/aromatic N) is 3. The first kappa shape index (κ1) is 21.2. The van der Waals surface area contributed by atoms with E-state index in [0.29, 0.717) is 16.7 Å². The van der Waals surface area contributed by atoms with Crippen LogP contribution in [0.3, 0.4) is 0 Å². The predicted octanol–water partition coefficient (Wildman–Crippen LogP) is 3.54. The molecule has 1 saturated carbocycles. The van der Waals surface area contributed by atoms with Gasteiger partial charge in [-0.3, -0.25) is 4.79 Å². The first-order chi connectivity index (χ1) is 14.8. The average molecular weight is 441 g/mol. The van der Waals surface area contributed by atoms with Gasteiger partial charge in [0.2, 0.25) is 0 Å². The molecule has 0 saturated heterocycles. The van der Waals surface area contributed by atoms with Crippen LogP contribution in [0.25, 0.3) is 5.69 Å². The monoisotopic (exact) mass is 440 g/mol. The normalized spacial score (nSPS) is 13.8. The van der Waals surface area contributed by atoms with E-state index in [1.807, 2.05) is 30.3 Å². The van der Waals surface area contributed by atoms with Crippen LogP contribution in [-0.4, -0.2) is 32.4 Å². The molecule has 0 unspecified atom stereocenters. The highest BCUT2D eigenvalue weighted by molar-refractivity contribution is 6.30. The third-order valence-corrected chi connectivity index (χ3v) is 5.42. The summed E-state index contributed by atoms with van der Waals surface area (Å²) in [5.41, 5.74) is -0.470. The molecule has 1 fully saturated rings. The number of ether oxygens (including phenoxy) is 1. The van der Waals surface area contributed by atoms with E-state index in [9.17, 15) is 9.59 Å². The lowest BCUT2D eigenvalue weighted by molar-refractivity contribution is -0.134. The quantitative estimate of drug-likeness (QED) is 0.581. The molecule has 2 aromatic carbocycles. The van der Waals surface area contributed by atoms with Crippen LogP contribution in [0.2, 0.25) is 5.02 Å². The summed E-state index contributed by atoms with van der Waals surface area (Å²) in [5, 5.41) is 8.00. The van der Waals surface area contributed by atoms with Crippen LogP contribution in [-0.2, 0) is 11.3 Å². The zero-order valence-electron chi connectivity index (χ0n) is 17.5. The molecule has 0 radical (unpaired) electrons. The summed E-state index contributed by atoms with van der Waals surface area (Å²) in [5.74, 6) is 1.38. The molecule has 1 N–H and O–H groups in total. The van der Waals surface area contributed by atoms with Gasteiger partial charge < -0.3 is 10.1 Å². The van der Waals surface area contributed by atoms with Crippen molar-refractivity contribution >= 4 is 17.5 Å². The van der Waals surface area contributed by atoms with Crippen molar-refractivity contribution in [2.24, 2.45) is 0 Å². The van der Waals surface area contributed by atoms with Gasteiger partial charge in [0.1, 0.15) is 11.6 Å². The van der Waals surface area contributed by atoms with Crippen LogP contribution >= 0.6 is 11.6 Å². The fourth-order valence-corrected chi connectivity index (χ4v) is 3.45. The predicted molar refractivity (Wildman–Crippen MR) is 119 cm³/mol. The minimum atomic E-state index is -1.08. The standard InChI is InChI=1S/C23H25ClN4O3/c1-23(2,31-19-12-10-17(24)11-13-19)21(29)25-14-15-27-22(30)28(18-6-4-3-5-7-18)20(26-27)16-8-9-16/h3-7,10-13,16H,8-9,14-15H2,1-2H3,(H,25,29). The van der Waals surface area contributed by atoms with Crippen LogP contribution in [0, 0.1) is 0 Å². The number of hydrogen-bond donors (Lipinski definition) is 1. The zero-order chi connectivity index (χ0) is 22.0. The number of carbonyl (C=O) groups is 1. The fraction of sp³-hybridized carbons (Fsp3) is 0.348. The molecule has 3 aromatic rings. The molecule has 162 valence electrons. The number of aromatic nitrogens is 3. The summed E-state index contributed by atoms with van der Waals surface area (Å²) in [6.07, 6.45) is 2.08. The summed E-state index contributed by atoms with van der Waals surface area (Å²) in [6, 6.07) is 16.4. The number of amides is 1. The lowest BCUT2D eigenvalue weighted by Crippen LogP contribution is -2.47. The van der Waals surface area contributed by atoms with E-state index in [-0.39, 0.29) is 24.7 Å². The average Bonchev–Trinajstić information content (AvgIpc) is 3.54. The van der Waals surface area contributed by atoms with Crippen molar-refractivity contribution in [3.8, 4) is 11.4 Å². The fourth-order valence-electron chi connectivity index (χ4n) is 3.33. The van der Waals surface area contributed by atoms with Crippen molar-refractivity contribution in [2.45, 2.75) is 44.8 Å². The molecule has 0 atom stereocenters. The van der Waals surface area contributed by atoms with E-state index in [1.54, 1.807) is 42.7 Å². The maximum absolute atomic E-state index is 13.0. The van der Waals surface area contributed by atoms with E-state index < -0.39 is 5.60 Å². The van der Waals surface area contributed by atoms with Gasteiger partial charge in [-0.1, -0.05) is 29.8 Å². The summed E-state index contributed by atoms with van der Waals surface area (Å²) >= 11 is 5.89. The van der Waals surface area contributed by atoms with Crippen LogP contribution < -0.4 is 15.7 Å². The first-order valence-corrected chi connectivity index (χ1v) is 10.7. The molecule has 1 aliphatic carbocycles. The maximum atomic E-state index is 13.0. The van der Waals surface area contributed by atoms with Crippen molar-refractivity contribution in [3.05, 3.63) is 75.9 Å². The largest absolute Gasteiger partial charge is 0.478 e. The summed E-state index contributed by atoms with van der Waals surface area (Å²) in [7, 11) is 0. The van der Waals surface area contributed by atoms with E-state index in [2.05, 4.69) is 10.4 Å². The van der Waals surface area contributed by atoms with Gasteiger partial charge in [0, 0.05) is 17.5 Å². The van der Waals surface area contributed by atoms with Gasteiger partial charge in [0.25, 0.3) is 5.91 Å². The van der Waals surface area contributed by atoms with Crippen molar-refractivity contribution in [3.63, 3.8) is 0 Å². The Morgan fingerprint density at radius 1 is 1.16 bits per heavy atom. The number of carbonyl (C=O) groups excluding carboxylic acids is 1. The lowest BCUT2D eigenvalue weighted by Gasteiger charge is -2.25. The van der Waals surface area contributed by atoms with Gasteiger partial charge in [0.15, 0.2) is 5.60 Å². The number of benzene rings is 2. The first-order valence-electron chi connectivity index (χ1n) is 10.3. The van der Waals surface area contributed by atoms with Crippen LogP contribution in [0.4, 0.5) is 0 Å². The second-order valence-corrected chi connectivity index (χ2v) is 8.57. The minimum absolute atomic E-state index is 0.195. The number of rotatable bonds is 8. The summed E-state index contributed by atoms with van der Waals surface area (Å²) in [6.45, 7) is 3.93. The Balaban J connectivity index is 1.42. The van der Waals surface area contributed by atoms with Crippen molar-refractivity contribution in [1.29, 1.82) is 0 Å². The van der Waals surface area contributed by atoms with E-state index in [1.165, 1.54) is 4.68 Å². The van der Waals surface area contributed by atoms with Gasteiger partial charge in [-0.25, -0.2) is 14.0 Å². The molecular weight excluding hydrogens is 416 g/mol. The molecule has 0 bridgehead atoms. The number of para-hydroxylation sites is 1. The molecule has 1 aromatic heterocycles. The summed E-state index contributed by atoms with van der Waals surface area (Å²) in [4.78, 5) is 25.6. The lowest BCUT2D eigenvalue weighted by atomic mass is 10.1. The number of halogens is 1. The Bertz CT molecular complexity index is 1120. The van der Waals surface area contributed by atoms with Gasteiger partial charge in [-0.15, -0.1) is 0 Å². The highest BCUT2D eigenvalue weighted by Gasteiger charge is 2.32. The third kappa shape index (κ3) is 4.82. The van der Waals surface area contributed by atoms with Crippen LogP contribution in [0.1, 0.15) is 38.4 Å². The number of hydrogen-bond acceptors (Lipinski definition) is 4. The van der Waals surface area contributed by atoms with E-state index in [0.717, 1.165) is 24.4 Å². The SMILES string of the molecule is CC(C)(Oc1ccc(Cl)cc1)C(=O)NCCn1nc(C2CC2)n(-c2ccccc2)c1=O. The smallest absolute Gasteiger partial charge is 0.350 e. The molecule has 8 heteroatoms. The molecule has 0 spiro atoms. The Kier molecular flexibility index (Phi) is 5.87. The molecule has 1 aliphatic rings. The molecule has 4 rings (SSSR count). The zero-order valence-corrected chi connectivity index (χ0v) is 18.3. The molecule has 31 heavy (non-hydrogen) atoms. The maximum Gasteiger partial charge on any atom is 0.350 e. The van der Waals surface area contributed by atoms with Gasteiger partial charge in [-0.2, -0.15) is 5.10 Å². The number of nitrogens with one attached hydrogen (secondary N) is 1. The molecular formula is C23H25ClN4O3. The Morgan fingerprint density at radius 3 is 2.48 bits per heavy atom. The van der Waals surface area contributed by atoms with Crippen molar-refractivity contribution in [2.75, 3.05) is 6.54 Å². The molecule has 1 heterocycles. The van der Waals surface area contributed by atoms with Crippen LogP contribution in [0.15, 0.2) is 59.4 Å². The van der Waals surface area contributed by atoms with Crippen molar-refractivity contribution < 1.29 is 9.53 Å². The van der Waals surface area contributed by atoms with E-state index >= 15 is 0 Å². The van der Waals surface area contributed by atoms with Crippen LogP contribution in [0.5, 0.6) is 5.75 Å². The highest BCUT2D eigenvalue weighted by Crippen LogP contribution is 2.39. The Hall–Kier alpha value is -3.06. The topological polar surface area (TPSA) is 78.2 Å². The Morgan fingerprint density at radius 2 is 1.84 bits per heavy atom.